The van der Waals surface area contributed by atoms with Gasteiger partial charge in [0.2, 0.25) is 0 Å². The Morgan fingerprint density at radius 1 is 1.11 bits per heavy atom. The van der Waals surface area contributed by atoms with Crippen LogP contribution in [0.25, 0.3) is 0 Å². The first-order valence-corrected chi connectivity index (χ1v) is 13.3. The molecule has 1 spiro atoms. The fourth-order valence-electron chi connectivity index (χ4n) is 4.27. The van der Waals surface area contributed by atoms with Gasteiger partial charge in [-0.1, -0.05) is 41.5 Å². The Morgan fingerprint density at radius 2 is 1.70 bits per heavy atom. The fraction of sp³-hybridized carbons (Fsp3) is 0.952. The summed E-state index contributed by atoms with van der Waals surface area (Å²) in [6, 6.07) is 0. The summed E-state index contributed by atoms with van der Waals surface area (Å²) in [6.07, 6.45) is 0.755. The number of hydrogen-bond acceptors (Lipinski definition) is 5. The van der Waals surface area contributed by atoms with Gasteiger partial charge in [-0.05, 0) is 31.5 Å². The van der Waals surface area contributed by atoms with Gasteiger partial charge < -0.3 is 18.6 Å². The summed E-state index contributed by atoms with van der Waals surface area (Å²) in [4.78, 5) is 11.7. The van der Waals surface area contributed by atoms with E-state index in [1.807, 2.05) is 0 Å². The Hall–Kier alpha value is -0.433. The van der Waals surface area contributed by atoms with E-state index in [4.69, 9.17) is 18.6 Å². The highest BCUT2D eigenvalue weighted by atomic mass is 28.4. The number of hydrogen-bond donors (Lipinski definition) is 0. The van der Waals surface area contributed by atoms with Crippen molar-refractivity contribution in [3.63, 3.8) is 0 Å². The lowest BCUT2D eigenvalue weighted by molar-refractivity contribution is -0.372. The standard InChI is InChI=1S/C21H40O5Si/c1-13-12-23-21(16(4)19(13)24-17(5)22)15(3)18(11-14(2)25-21)26-27(9,10)20(6,7)8/h13-16,18-19H,11-12H2,1-10H3/t13-,14-,15-,16+,18+,19+,21-/m0/s1. The summed E-state index contributed by atoms with van der Waals surface area (Å²) in [7, 11) is -1.92. The second-order valence-electron chi connectivity index (χ2n) is 10.2. The van der Waals surface area contributed by atoms with Gasteiger partial charge in [0.25, 0.3) is 0 Å². The highest BCUT2D eigenvalue weighted by Gasteiger charge is 2.58. The number of carbonyl (C=O) groups excluding carboxylic acids is 1. The van der Waals surface area contributed by atoms with Crippen LogP contribution in [0.3, 0.4) is 0 Å². The summed E-state index contributed by atoms with van der Waals surface area (Å²) in [5, 5.41) is 0.148. The third kappa shape index (κ3) is 4.44. The monoisotopic (exact) mass is 400 g/mol. The van der Waals surface area contributed by atoms with Gasteiger partial charge in [0, 0.05) is 24.7 Å². The molecule has 0 aliphatic carbocycles. The molecular formula is C21H40O5Si. The molecule has 0 aromatic carbocycles. The van der Waals surface area contributed by atoms with Gasteiger partial charge in [0.1, 0.15) is 6.10 Å². The molecule has 0 radical (unpaired) electrons. The van der Waals surface area contributed by atoms with Gasteiger partial charge in [-0.3, -0.25) is 4.79 Å². The van der Waals surface area contributed by atoms with E-state index >= 15 is 0 Å². The molecule has 2 heterocycles. The summed E-state index contributed by atoms with van der Waals surface area (Å²) in [5.74, 6) is -0.891. The van der Waals surface area contributed by atoms with Crippen molar-refractivity contribution in [2.45, 2.75) is 104 Å². The quantitative estimate of drug-likeness (QED) is 0.505. The van der Waals surface area contributed by atoms with Gasteiger partial charge in [-0.15, -0.1) is 0 Å². The van der Waals surface area contributed by atoms with Crippen LogP contribution in [-0.4, -0.2) is 45.0 Å². The van der Waals surface area contributed by atoms with Crippen LogP contribution in [0, 0.1) is 17.8 Å². The summed E-state index contributed by atoms with van der Waals surface area (Å²) in [5.41, 5.74) is 0. The van der Waals surface area contributed by atoms with E-state index in [2.05, 4.69) is 61.6 Å². The molecule has 2 aliphatic heterocycles. The molecule has 2 fully saturated rings. The molecule has 2 aliphatic rings. The molecule has 7 atom stereocenters. The molecule has 0 aromatic rings. The minimum atomic E-state index is -1.92. The summed E-state index contributed by atoms with van der Waals surface area (Å²) >= 11 is 0. The minimum absolute atomic E-state index is 0.0322. The Morgan fingerprint density at radius 3 is 2.22 bits per heavy atom. The van der Waals surface area contributed by atoms with E-state index in [9.17, 15) is 4.79 Å². The second kappa shape index (κ2) is 7.77. The fourth-order valence-corrected chi connectivity index (χ4v) is 5.68. The Bertz CT molecular complexity index is 543. The highest BCUT2D eigenvalue weighted by Crippen LogP contribution is 2.49. The SMILES string of the molecule is CC(=O)O[C@H]1[C@@H](C)[C@@]2(OC[C@@H]1C)O[C@@H](C)C[C@@H](O[Si](C)(C)C(C)(C)C)[C@@H]2C. The third-order valence-electron chi connectivity index (χ3n) is 6.96. The van der Waals surface area contributed by atoms with Gasteiger partial charge in [0.15, 0.2) is 14.1 Å². The Balaban J connectivity index is 2.31. The molecule has 5 nitrogen and oxygen atoms in total. The molecule has 2 rings (SSSR count). The van der Waals surface area contributed by atoms with E-state index in [0.717, 1.165) is 6.42 Å². The average molecular weight is 401 g/mol. The van der Waals surface area contributed by atoms with E-state index in [-0.39, 0.29) is 47.1 Å². The maximum atomic E-state index is 11.7. The van der Waals surface area contributed by atoms with E-state index in [0.29, 0.717) is 6.61 Å². The number of ether oxygens (including phenoxy) is 3. The molecule has 0 bridgehead atoms. The lowest BCUT2D eigenvalue weighted by Gasteiger charge is -2.57. The summed E-state index contributed by atoms with van der Waals surface area (Å²) < 4.78 is 25.3. The first-order valence-electron chi connectivity index (χ1n) is 10.4. The first kappa shape index (κ1) is 22.9. The van der Waals surface area contributed by atoms with E-state index in [1.54, 1.807) is 0 Å². The number of esters is 1. The van der Waals surface area contributed by atoms with Crippen LogP contribution in [0.1, 0.15) is 61.8 Å². The second-order valence-corrected chi connectivity index (χ2v) is 15.0. The van der Waals surface area contributed by atoms with E-state index < -0.39 is 14.1 Å². The van der Waals surface area contributed by atoms with Gasteiger partial charge in [0.05, 0.1) is 18.8 Å². The molecule has 2 saturated heterocycles. The van der Waals surface area contributed by atoms with Gasteiger partial charge in [-0.2, -0.15) is 0 Å². The first-order chi connectivity index (χ1) is 12.2. The van der Waals surface area contributed by atoms with Crippen molar-refractivity contribution in [3.05, 3.63) is 0 Å². The van der Waals surface area contributed by atoms with Crippen molar-refractivity contribution in [2.24, 2.45) is 17.8 Å². The molecular weight excluding hydrogens is 360 g/mol. The minimum Gasteiger partial charge on any atom is -0.462 e. The molecule has 0 saturated carbocycles. The molecule has 6 heteroatoms. The maximum Gasteiger partial charge on any atom is 0.302 e. The predicted octanol–water partition coefficient (Wildman–Crippen LogP) is 4.75. The largest absolute Gasteiger partial charge is 0.462 e. The molecule has 0 N–H and O–H groups in total. The van der Waals surface area contributed by atoms with Gasteiger partial charge in [-0.25, -0.2) is 0 Å². The smallest absolute Gasteiger partial charge is 0.302 e. The van der Waals surface area contributed by atoms with Crippen LogP contribution in [0.2, 0.25) is 18.1 Å². The van der Waals surface area contributed by atoms with Gasteiger partial charge >= 0.3 is 5.97 Å². The lowest BCUT2D eigenvalue weighted by atomic mass is 9.74. The van der Waals surface area contributed by atoms with Crippen LogP contribution < -0.4 is 0 Å². The number of rotatable bonds is 3. The molecule has 0 unspecified atom stereocenters. The summed E-state index contributed by atoms with van der Waals surface area (Å²) in [6.45, 7) is 21.8. The topological polar surface area (TPSA) is 54.0 Å². The zero-order chi connectivity index (χ0) is 20.8. The van der Waals surface area contributed by atoms with E-state index in [1.165, 1.54) is 6.92 Å². The van der Waals surface area contributed by atoms with Crippen molar-refractivity contribution in [3.8, 4) is 0 Å². The Kier molecular flexibility index (Phi) is 6.58. The normalized spacial score (nSPS) is 40.8. The zero-order valence-electron chi connectivity index (χ0n) is 18.9. The molecule has 158 valence electrons. The average Bonchev–Trinajstić information content (AvgIpc) is 2.50. The van der Waals surface area contributed by atoms with Crippen molar-refractivity contribution in [1.82, 2.24) is 0 Å². The van der Waals surface area contributed by atoms with Crippen molar-refractivity contribution in [2.75, 3.05) is 6.61 Å². The van der Waals surface area contributed by atoms with Crippen LogP contribution in [0.15, 0.2) is 0 Å². The van der Waals surface area contributed by atoms with Crippen molar-refractivity contribution < 1.29 is 23.4 Å². The Labute approximate surface area is 166 Å². The molecule has 27 heavy (non-hydrogen) atoms. The highest BCUT2D eigenvalue weighted by molar-refractivity contribution is 6.74. The lowest BCUT2D eigenvalue weighted by Crippen LogP contribution is -2.65. The third-order valence-corrected chi connectivity index (χ3v) is 11.5. The van der Waals surface area contributed by atoms with Crippen LogP contribution in [0.5, 0.6) is 0 Å². The van der Waals surface area contributed by atoms with Crippen LogP contribution in [0.4, 0.5) is 0 Å². The van der Waals surface area contributed by atoms with Crippen LogP contribution >= 0.6 is 0 Å². The molecule has 0 aromatic heterocycles. The zero-order valence-corrected chi connectivity index (χ0v) is 19.9. The van der Waals surface area contributed by atoms with Crippen LogP contribution in [-0.2, 0) is 23.4 Å². The van der Waals surface area contributed by atoms with Crippen molar-refractivity contribution >= 4 is 14.3 Å². The predicted molar refractivity (Wildman–Crippen MR) is 109 cm³/mol. The number of carbonyl (C=O) groups is 1. The molecule has 0 amide bonds. The van der Waals surface area contributed by atoms with Crippen molar-refractivity contribution in [1.29, 1.82) is 0 Å². The maximum absolute atomic E-state index is 11.7.